The Balaban J connectivity index is 2.16. The van der Waals surface area contributed by atoms with Crippen LogP contribution in [0, 0.1) is 5.41 Å². The highest BCUT2D eigenvalue weighted by Crippen LogP contribution is 2.46. The molecule has 0 fully saturated rings. The van der Waals surface area contributed by atoms with Crippen LogP contribution < -0.4 is 5.73 Å². The van der Waals surface area contributed by atoms with Crippen molar-refractivity contribution in [2.24, 2.45) is 5.41 Å². The molecule has 1 atom stereocenters. The van der Waals surface area contributed by atoms with Crippen molar-refractivity contribution in [3.63, 3.8) is 0 Å². The summed E-state index contributed by atoms with van der Waals surface area (Å²) < 4.78 is 0. The van der Waals surface area contributed by atoms with Gasteiger partial charge in [-0.2, -0.15) is 0 Å². The van der Waals surface area contributed by atoms with Gasteiger partial charge in [-0.3, -0.25) is 0 Å². The van der Waals surface area contributed by atoms with Crippen LogP contribution in [-0.2, 0) is 13.0 Å². The summed E-state index contributed by atoms with van der Waals surface area (Å²) in [5, 5.41) is 0. The van der Waals surface area contributed by atoms with Gasteiger partial charge in [-0.1, -0.05) is 13.8 Å². The molecule has 0 radical (unpaired) electrons. The lowest BCUT2D eigenvalue weighted by molar-refractivity contribution is 0.207. The number of nitrogens with zero attached hydrogens (tertiary/aromatic N) is 1. The van der Waals surface area contributed by atoms with Gasteiger partial charge in [-0.05, 0) is 60.0 Å². The number of benzene rings is 1. The monoisotopic (exact) mass is 230 g/mol. The highest BCUT2D eigenvalue weighted by atomic mass is 15.1. The highest BCUT2D eigenvalue weighted by Gasteiger charge is 2.36. The molecule has 2 N–H and O–H groups in total. The van der Waals surface area contributed by atoms with Gasteiger partial charge in [0.1, 0.15) is 0 Å². The van der Waals surface area contributed by atoms with Crippen LogP contribution in [0.15, 0.2) is 12.1 Å². The fourth-order valence-corrected chi connectivity index (χ4v) is 3.85. The second-order valence-electron chi connectivity index (χ2n) is 6.69. The Morgan fingerprint density at radius 1 is 1.29 bits per heavy atom. The molecule has 0 aromatic heterocycles. The Bertz CT molecular complexity index is 462. The minimum atomic E-state index is 0.418. The van der Waals surface area contributed by atoms with Crippen LogP contribution in [0.3, 0.4) is 0 Å². The third-order valence-corrected chi connectivity index (χ3v) is 4.22. The summed E-state index contributed by atoms with van der Waals surface area (Å²) in [7, 11) is 2.22. The maximum Gasteiger partial charge on any atom is 0.0320 e. The van der Waals surface area contributed by atoms with E-state index in [-0.39, 0.29) is 0 Å². The Kier molecular flexibility index (Phi) is 2.27. The average Bonchev–Trinajstić information content (AvgIpc) is 2.12. The molecule has 1 aliphatic heterocycles. The van der Waals surface area contributed by atoms with Crippen LogP contribution in [0.25, 0.3) is 0 Å². The van der Waals surface area contributed by atoms with Crippen LogP contribution >= 0.6 is 0 Å². The fraction of sp³-hybridized carbons (Fsp3) is 0.600. The van der Waals surface area contributed by atoms with E-state index in [2.05, 4.69) is 37.9 Å². The Morgan fingerprint density at radius 2 is 2.00 bits per heavy atom. The molecule has 0 amide bonds. The topological polar surface area (TPSA) is 29.3 Å². The van der Waals surface area contributed by atoms with E-state index in [1.54, 1.807) is 5.56 Å². The number of nitrogens with two attached hydrogens (primary N) is 1. The smallest absolute Gasteiger partial charge is 0.0320 e. The number of nitrogen functional groups attached to an aromatic ring is 1. The summed E-state index contributed by atoms with van der Waals surface area (Å²) in [4.78, 5) is 2.43. The third kappa shape index (κ3) is 1.85. The van der Waals surface area contributed by atoms with Gasteiger partial charge in [0.15, 0.2) is 0 Å². The molecule has 0 bridgehead atoms. The van der Waals surface area contributed by atoms with E-state index in [9.17, 15) is 0 Å². The quantitative estimate of drug-likeness (QED) is 0.694. The predicted molar refractivity (Wildman–Crippen MR) is 72.0 cm³/mol. The second-order valence-corrected chi connectivity index (χ2v) is 6.69. The van der Waals surface area contributed by atoms with Gasteiger partial charge in [-0.25, -0.2) is 0 Å². The molecular formula is C15H22N2. The number of likely N-dealkylation sites (N-methyl/N-ethyl adjacent to an activating group) is 1. The van der Waals surface area contributed by atoms with E-state index in [0.29, 0.717) is 11.3 Å². The zero-order valence-electron chi connectivity index (χ0n) is 11.1. The van der Waals surface area contributed by atoms with E-state index in [1.807, 2.05) is 0 Å². The van der Waals surface area contributed by atoms with E-state index in [4.69, 9.17) is 5.73 Å². The van der Waals surface area contributed by atoms with Gasteiger partial charge >= 0.3 is 0 Å². The van der Waals surface area contributed by atoms with E-state index < -0.39 is 0 Å². The lowest BCUT2D eigenvalue weighted by atomic mass is 9.67. The van der Waals surface area contributed by atoms with E-state index in [1.165, 1.54) is 30.5 Å². The molecule has 0 saturated heterocycles. The zero-order valence-corrected chi connectivity index (χ0v) is 11.1. The molecule has 0 spiro atoms. The number of rotatable bonds is 0. The van der Waals surface area contributed by atoms with E-state index >= 15 is 0 Å². The van der Waals surface area contributed by atoms with Crippen LogP contribution in [0.5, 0.6) is 0 Å². The van der Waals surface area contributed by atoms with Gasteiger partial charge in [0, 0.05) is 18.8 Å². The maximum atomic E-state index is 6.04. The second kappa shape index (κ2) is 3.49. The third-order valence-electron chi connectivity index (χ3n) is 4.22. The summed E-state index contributed by atoms with van der Waals surface area (Å²) in [6.07, 6.45) is 2.49. The van der Waals surface area contributed by atoms with Gasteiger partial charge in [0.2, 0.25) is 0 Å². The van der Waals surface area contributed by atoms with Crippen molar-refractivity contribution in [2.75, 3.05) is 19.3 Å². The van der Waals surface area contributed by atoms with Gasteiger partial charge in [0.05, 0.1) is 0 Å². The first-order valence-corrected chi connectivity index (χ1v) is 6.54. The van der Waals surface area contributed by atoms with Crippen molar-refractivity contribution in [1.82, 2.24) is 4.90 Å². The largest absolute Gasteiger partial charge is 0.399 e. The van der Waals surface area contributed by atoms with Crippen molar-refractivity contribution in [3.8, 4) is 0 Å². The first kappa shape index (κ1) is 11.1. The van der Waals surface area contributed by atoms with Crippen molar-refractivity contribution < 1.29 is 0 Å². The molecule has 1 aliphatic carbocycles. The number of hydrogen-bond donors (Lipinski definition) is 1. The highest BCUT2D eigenvalue weighted by molar-refractivity contribution is 5.53. The molecule has 0 unspecified atom stereocenters. The summed E-state index contributed by atoms with van der Waals surface area (Å²) >= 11 is 0. The summed E-state index contributed by atoms with van der Waals surface area (Å²) in [6, 6.07) is 4.39. The van der Waals surface area contributed by atoms with Gasteiger partial charge < -0.3 is 10.6 Å². The van der Waals surface area contributed by atoms with Crippen LogP contribution in [0.4, 0.5) is 5.69 Å². The van der Waals surface area contributed by atoms with Gasteiger partial charge in [0.25, 0.3) is 0 Å². The molecule has 17 heavy (non-hydrogen) atoms. The molecule has 3 rings (SSSR count). The molecule has 2 aliphatic rings. The lowest BCUT2D eigenvalue weighted by Gasteiger charge is -2.43. The van der Waals surface area contributed by atoms with Crippen LogP contribution in [0.1, 0.15) is 42.9 Å². The summed E-state index contributed by atoms with van der Waals surface area (Å²) in [6.45, 7) is 7.03. The van der Waals surface area contributed by atoms with Crippen molar-refractivity contribution in [3.05, 3.63) is 28.8 Å². The fourth-order valence-electron chi connectivity index (χ4n) is 3.85. The summed E-state index contributed by atoms with van der Waals surface area (Å²) in [5.74, 6) is 0.711. The number of anilines is 1. The molecule has 2 nitrogen and oxygen atoms in total. The predicted octanol–water partition coefficient (Wildman–Crippen LogP) is 2.77. The Morgan fingerprint density at radius 3 is 2.76 bits per heavy atom. The molecule has 92 valence electrons. The lowest BCUT2D eigenvalue weighted by Crippen LogP contribution is -2.37. The molecular weight excluding hydrogens is 208 g/mol. The molecule has 1 heterocycles. The van der Waals surface area contributed by atoms with Crippen molar-refractivity contribution in [1.29, 1.82) is 0 Å². The molecule has 1 aromatic carbocycles. The summed E-state index contributed by atoms with van der Waals surface area (Å²) in [5.41, 5.74) is 12.0. The first-order valence-electron chi connectivity index (χ1n) is 6.54. The minimum absolute atomic E-state index is 0.418. The normalized spacial score (nSPS) is 26.6. The zero-order chi connectivity index (χ0) is 12.2. The Labute approximate surface area is 104 Å². The minimum Gasteiger partial charge on any atom is -0.399 e. The van der Waals surface area contributed by atoms with E-state index in [0.717, 1.165) is 12.2 Å². The standard InChI is InChI=1S/C15H22N2/c1-15(2)6-10-4-13(16)5-11-8-17(3)9-12(7-15)14(10)11/h4-5,12H,6-9,16H2,1-3H3/t12-/m1/s1. The number of hydrogen-bond acceptors (Lipinski definition) is 2. The Hall–Kier alpha value is -1.02. The molecule has 0 saturated carbocycles. The first-order chi connectivity index (χ1) is 7.94. The molecule has 1 aromatic rings. The van der Waals surface area contributed by atoms with Gasteiger partial charge in [-0.15, -0.1) is 0 Å². The van der Waals surface area contributed by atoms with Crippen molar-refractivity contribution in [2.45, 2.75) is 39.2 Å². The van der Waals surface area contributed by atoms with Crippen LogP contribution in [0.2, 0.25) is 0 Å². The molecule has 2 heteroatoms. The average molecular weight is 230 g/mol. The van der Waals surface area contributed by atoms with Crippen molar-refractivity contribution >= 4 is 5.69 Å². The SMILES string of the molecule is CN1Cc2cc(N)cc3c2[C@@H](C1)CC(C)(C)C3. The maximum absolute atomic E-state index is 6.04. The van der Waals surface area contributed by atoms with Crippen LogP contribution in [-0.4, -0.2) is 18.5 Å².